The van der Waals surface area contributed by atoms with E-state index in [0.717, 1.165) is 23.4 Å². The second-order valence-electron chi connectivity index (χ2n) is 7.61. The number of anilines is 1. The molecule has 36 heavy (non-hydrogen) atoms. The number of fused-ring (bicyclic) bond motifs is 1. The molecule has 2 aromatic heterocycles. The van der Waals surface area contributed by atoms with Crippen LogP contribution in [0, 0.1) is 0 Å². The second-order valence-corrected chi connectivity index (χ2v) is 8.49. The molecule has 4 rings (SSSR count). The van der Waals surface area contributed by atoms with Crippen molar-refractivity contribution in [1.29, 1.82) is 0 Å². The molecule has 10 heteroatoms. The summed E-state index contributed by atoms with van der Waals surface area (Å²) in [6.07, 6.45) is 1.61. The van der Waals surface area contributed by atoms with Crippen molar-refractivity contribution in [3.05, 3.63) is 64.1 Å². The highest BCUT2D eigenvalue weighted by Crippen LogP contribution is 2.33. The number of carboxylic acids is 1. The van der Waals surface area contributed by atoms with Crippen molar-refractivity contribution in [1.82, 2.24) is 19.7 Å². The number of benzene rings is 2. The van der Waals surface area contributed by atoms with Crippen LogP contribution in [0.1, 0.15) is 50.2 Å². The van der Waals surface area contributed by atoms with Gasteiger partial charge in [-0.3, -0.25) is 9.48 Å². The quantitative estimate of drug-likeness (QED) is 0.252. The van der Waals surface area contributed by atoms with Gasteiger partial charge in [0, 0.05) is 17.6 Å². The van der Waals surface area contributed by atoms with Crippen molar-refractivity contribution in [2.24, 2.45) is 7.05 Å². The van der Waals surface area contributed by atoms with Crippen LogP contribution < -0.4 is 15.0 Å². The number of carbonyl (C=O) groups is 1. The average Bonchev–Trinajstić information content (AvgIpc) is 3.20. The van der Waals surface area contributed by atoms with E-state index in [1.165, 1.54) is 18.0 Å². The van der Waals surface area contributed by atoms with E-state index in [1.54, 1.807) is 29.9 Å². The van der Waals surface area contributed by atoms with Gasteiger partial charge in [-0.1, -0.05) is 33.3 Å². The van der Waals surface area contributed by atoms with Gasteiger partial charge in [0.25, 0.3) is 5.56 Å². The lowest BCUT2D eigenvalue weighted by Crippen LogP contribution is -2.12. The molecule has 0 fully saturated rings. The van der Waals surface area contributed by atoms with Crippen LogP contribution >= 0.6 is 11.9 Å². The maximum absolute atomic E-state index is 12.9. The van der Waals surface area contributed by atoms with Gasteiger partial charge in [0.15, 0.2) is 5.52 Å². The van der Waals surface area contributed by atoms with Crippen LogP contribution in [-0.2, 0) is 13.5 Å². The van der Waals surface area contributed by atoms with E-state index in [4.69, 9.17) is 9.72 Å². The van der Waals surface area contributed by atoms with Crippen LogP contribution in [0.3, 0.4) is 0 Å². The van der Waals surface area contributed by atoms with E-state index >= 15 is 0 Å². The third-order valence-electron chi connectivity index (χ3n) is 5.15. The Hall–Kier alpha value is -3.79. The summed E-state index contributed by atoms with van der Waals surface area (Å²) in [5, 5.41) is 13.7. The van der Waals surface area contributed by atoms with Gasteiger partial charge in [-0.15, -0.1) is 0 Å². The highest BCUT2D eigenvalue weighted by molar-refractivity contribution is 8.00. The standard InChI is InChI=1S/C24H25N5O4S.C2H6/c1-4-7-18-20-21(29(3)27-18)23(30)26-22(25-20)17-13-16(10-11-19(17)33-5-2)34-28-15-9-6-8-14(12-15)24(31)32;1-2/h6,8-13,28H,4-5,7H2,1-3H3,(H,31,32)(H,25,26,30);1-2H3. The summed E-state index contributed by atoms with van der Waals surface area (Å²) in [4.78, 5) is 32.6. The number of rotatable bonds is 9. The normalized spacial score (nSPS) is 10.6. The van der Waals surface area contributed by atoms with Gasteiger partial charge in [0.1, 0.15) is 17.1 Å². The summed E-state index contributed by atoms with van der Waals surface area (Å²) >= 11 is 1.32. The average molecular weight is 510 g/mol. The third-order valence-corrected chi connectivity index (χ3v) is 5.98. The number of carboxylic acid groups (broad SMARTS) is 1. The molecule has 0 atom stereocenters. The lowest BCUT2D eigenvalue weighted by Gasteiger charge is -2.12. The monoisotopic (exact) mass is 509 g/mol. The first-order valence-electron chi connectivity index (χ1n) is 11.9. The summed E-state index contributed by atoms with van der Waals surface area (Å²) in [7, 11) is 1.74. The molecule has 9 nitrogen and oxygen atoms in total. The lowest BCUT2D eigenvalue weighted by molar-refractivity contribution is 0.0697. The molecule has 4 aromatic rings. The van der Waals surface area contributed by atoms with Gasteiger partial charge in [0.2, 0.25) is 0 Å². The number of hydrogen-bond acceptors (Lipinski definition) is 7. The Balaban J connectivity index is 0.00000176. The molecule has 0 amide bonds. The first-order chi connectivity index (χ1) is 17.4. The summed E-state index contributed by atoms with van der Waals surface area (Å²) in [6.45, 7) is 8.41. The first kappa shape index (κ1) is 26.8. The maximum atomic E-state index is 12.9. The molecule has 0 aliphatic rings. The number of aromatic carboxylic acids is 1. The molecule has 0 unspecified atom stereocenters. The highest BCUT2D eigenvalue weighted by Gasteiger charge is 2.18. The summed E-state index contributed by atoms with van der Waals surface area (Å²) < 4.78 is 10.5. The van der Waals surface area contributed by atoms with Crippen molar-refractivity contribution in [3.63, 3.8) is 0 Å². The number of nitrogens with one attached hydrogen (secondary N) is 2. The Morgan fingerprint density at radius 1 is 1.19 bits per heavy atom. The number of hydrogen-bond donors (Lipinski definition) is 3. The largest absolute Gasteiger partial charge is 0.493 e. The third kappa shape index (κ3) is 5.88. The molecule has 0 spiro atoms. The van der Waals surface area contributed by atoms with Crippen LogP contribution in [0.5, 0.6) is 5.75 Å². The number of nitrogens with zero attached hydrogens (tertiary/aromatic N) is 3. The van der Waals surface area contributed by atoms with Gasteiger partial charge in [-0.25, -0.2) is 9.78 Å². The van der Waals surface area contributed by atoms with E-state index in [2.05, 4.69) is 21.7 Å². The van der Waals surface area contributed by atoms with E-state index in [9.17, 15) is 14.7 Å². The molecule has 0 radical (unpaired) electrons. The van der Waals surface area contributed by atoms with Gasteiger partial charge in [-0.05, 0) is 61.7 Å². The molecule has 0 aliphatic carbocycles. The SMILES string of the molecule is CC.CCCc1nn(C)c2c(=O)[nH]c(-c3cc(SNc4cccc(C(=O)O)c4)ccc3OCC)nc12. The lowest BCUT2D eigenvalue weighted by atomic mass is 10.1. The topological polar surface area (TPSA) is 122 Å². The maximum Gasteiger partial charge on any atom is 0.335 e. The molecular weight excluding hydrogens is 478 g/mol. The smallest absolute Gasteiger partial charge is 0.335 e. The summed E-state index contributed by atoms with van der Waals surface area (Å²) in [6, 6.07) is 12.2. The minimum atomic E-state index is -0.986. The fourth-order valence-corrected chi connectivity index (χ4v) is 4.33. The van der Waals surface area contributed by atoms with E-state index in [0.29, 0.717) is 40.5 Å². The number of aryl methyl sites for hydroxylation is 2. The zero-order valence-electron chi connectivity index (χ0n) is 21.1. The van der Waals surface area contributed by atoms with E-state index < -0.39 is 5.97 Å². The fourth-order valence-electron chi connectivity index (χ4n) is 3.65. The number of ether oxygens (including phenoxy) is 1. The molecule has 3 N–H and O–H groups in total. The van der Waals surface area contributed by atoms with Crippen LogP contribution in [0.15, 0.2) is 52.2 Å². The molecule has 0 bridgehead atoms. The Morgan fingerprint density at radius 2 is 1.97 bits per heavy atom. The molecule has 0 saturated carbocycles. The Labute approximate surface area is 214 Å². The first-order valence-corrected chi connectivity index (χ1v) is 12.7. The van der Waals surface area contributed by atoms with Crippen LogP contribution in [0.25, 0.3) is 22.4 Å². The van der Waals surface area contributed by atoms with Crippen molar-refractivity contribution >= 4 is 34.6 Å². The Bertz CT molecular complexity index is 1410. The molecule has 0 aliphatic heterocycles. The van der Waals surface area contributed by atoms with Crippen LogP contribution in [-0.4, -0.2) is 37.4 Å². The minimum absolute atomic E-state index is 0.201. The van der Waals surface area contributed by atoms with Gasteiger partial charge in [0.05, 0.1) is 23.4 Å². The fraction of sp³-hybridized carbons (Fsp3) is 0.308. The molecular formula is C26H31N5O4S. The van der Waals surface area contributed by atoms with E-state index in [-0.39, 0.29) is 11.1 Å². The number of aromatic nitrogens is 4. The minimum Gasteiger partial charge on any atom is -0.493 e. The molecule has 190 valence electrons. The summed E-state index contributed by atoms with van der Waals surface area (Å²) in [5.74, 6) is 0.0186. The van der Waals surface area contributed by atoms with Crippen molar-refractivity contribution in [2.75, 3.05) is 11.3 Å². The second kappa shape index (κ2) is 12.3. The molecule has 0 saturated heterocycles. The van der Waals surface area contributed by atoms with Crippen molar-refractivity contribution in [3.8, 4) is 17.1 Å². The Kier molecular flexibility index (Phi) is 9.13. The summed E-state index contributed by atoms with van der Waals surface area (Å²) in [5.41, 5.74) is 3.07. The molecule has 2 heterocycles. The van der Waals surface area contributed by atoms with Gasteiger partial charge in [-0.2, -0.15) is 5.10 Å². The zero-order valence-corrected chi connectivity index (χ0v) is 21.9. The van der Waals surface area contributed by atoms with Crippen molar-refractivity contribution in [2.45, 2.75) is 45.4 Å². The van der Waals surface area contributed by atoms with Crippen LogP contribution in [0.4, 0.5) is 5.69 Å². The number of aromatic amines is 1. The predicted octanol–water partition coefficient (Wildman–Crippen LogP) is 5.52. The predicted molar refractivity (Wildman–Crippen MR) is 144 cm³/mol. The van der Waals surface area contributed by atoms with E-state index in [1.807, 2.05) is 39.0 Å². The van der Waals surface area contributed by atoms with Gasteiger partial charge < -0.3 is 19.5 Å². The molecule has 2 aromatic carbocycles. The van der Waals surface area contributed by atoms with Gasteiger partial charge >= 0.3 is 5.97 Å². The highest BCUT2D eigenvalue weighted by atomic mass is 32.2. The zero-order chi connectivity index (χ0) is 26.2. The number of H-pyrrole nitrogens is 1. The van der Waals surface area contributed by atoms with Crippen LogP contribution in [0.2, 0.25) is 0 Å². The van der Waals surface area contributed by atoms with Crippen molar-refractivity contribution < 1.29 is 14.6 Å². The Morgan fingerprint density at radius 3 is 2.67 bits per heavy atom.